The van der Waals surface area contributed by atoms with Gasteiger partial charge in [-0.1, -0.05) is 39.8 Å². The zero-order valence-electron chi connectivity index (χ0n) is 21.4. The molecule has 11 nitrogen and oxygen atoms in total. The van der Waals surface area contributed by atoms with Gasteiger partial charge in [-0.3, -0.25) is 14.3 Å². The number of rotatable bonds is 12. The molecular weight excluding hydrogens is 478 g/mol. The van der Waals surface area contributed by atoms with Crippen molar-refractivity contribution >= 4 is 17.8 Å². The van der Waals surface area contributed by atoms with Gasteiger partial charge in [-0.2, -0.15) is 5.10 Å². The topological polar surface area (TPSA) is 160 Å². The smallest absolute Gasteiger partial charge is 0.326 e. The van der Waals surface area contributed by atoms with Gasteiger partial charge in [0.2, 0.25) is 11.7 Å². The van der Waals surface area contributed by atoms with Crippen LogP contribution in [0.25, 0.3) is 22.7 Å². The first-order valence-electron chi connectivity index (χ1n) is 12.3. The van der Waals surface area contributed by atoms with Crippen molar-refractivity contribution in [2.24, 2.45) is 5.92 Å². The number of benzene rings is 1. The van der Waals surface area contributed by atoms with Gasteiger partial charge < -0.3 is 25.3 Å². The first-order valence-corrected chi connectivity index (χ1v) is 12.3. The minimum absolute atomic E-state index is 0.0520. The molecule has 0 fully saturated rings. The van der Waals surface area contributed by atoms with E-state index < -0.39 is 17.9 Å². The van der Waals surface area contributed by atoms with E-state index >= 15 is 0 Å². The molecule has 0 saturated heterocycles. The van der Waals surface area contributed by atoms with Crippen LogP contribution >= 0.6 is 0 Å². The van der Waals surface area contributed by atoms with Gasteiger partial charge in [-0.05, 0) is 37.0 Å². The Balaban J connectivity index is 1.87. The predicted octanol–water partition coefficient (Wildman–Crippen LogP) is 2.95. The van der Waals surface area contributed by atoms with Gasteiger partial charge in [0, 0.05) is 17.2 Å². The Morgan fingerprint density at radius 2 is 1.76 bits per heavy atom. The molecule has 3 aromatic rings. The fourth-order valence-electron chi connectivity index (χ4n) is 3.81. The summed E-state index contributed by atoms with van der Waals surface area (Å²) in [6.07, 6.45) is 3.00. The van der Waals surface area contributed by atoms with Crippen LogP contribution in [0.4, 0.5) is 0 Å². The second-order valence-corrected chi connectivity index (χ2v) is 8.99. The Morgan fingerprint density at radius 1 is 1.05 bits per heavy atom. The maximum Gasteiger partial charge on any atom is 0.326 e. The number of carboxylic acid groups (broad SMARTS) is 1. The fourth-order valence-corrected chi connectivity index (χ4v) is 3.81. The standard InChI is InChI=1S/C26H33N5O6/c1-5-18(6-2)28-24(34)21-14-27-25(37-21)17-9-7-8-16(12-17)19-13-20(31(30-19)10-11-32)23(33)29-22(15(3)4)26(35)36/h7-9,12-15,18,22,32H,5-6,10-11H2,1-4H3,(H,28,34)(H,29,33)(H,35,36). The van der Waals surface area contributed by atoms with Crippen LogP contribution in [0.3, 0.4) is 0 Å². The molecule has 1 aromatic carbocycles. The number of oxazole rings is 1. The third-order valence-corrected chi connectivity index (χ3v) is 6.00. The second-order valence-electron chi connectivity index (χ2n) is 8.99. The van der Waals surface area contributed by atoms with E-state index in [2.05, 4.69) is 20.7 Å². The van der Waals surface area contributed by atoms with E-state index in [1.807, 2.05) is 13.8 Å². The molecule has 0 aliphatic heterocycles. The summed E-state index contributed by atoms with van der Waals surface area (Å²) in [5.41, 5.74) is 1.81. The molecule has 0 radical (unpaired) electrons. The zero-order chi connectivity index (χ0) is 27.1. The summed E-state index contributed by atoms with van der Waals surface area (Å²) in [4.78, 5) is 41.1. The molecule has 0 aliphatic carbocycles. The lowest BCUT2D eigenvalue weighted by molar-refractivity contribution is -0.140. The lowest BCUT2D eigenvalue weighted by Gasteiger charge is -2.18. The maximum atomic E-state index is 12.9. The molecule has 2 amide bonds. The van der Waals surface area contributed by atoms with Crippen LogP contribution in [0.5, 0.6) is 0 Å². The lowest BCUT2D eigenvalue weighted by Crippen LogP contribution is -2.44. The van der Waals surface area contributed by atoms with Gasteiger partial charge in [0.25, 0.3) is 11.8 Å². The number of nitrogens with zero attached hydrogens (tertiary/aromatic N) is 3. The van der Waals surface area contributed by atoms with Crippen LogP contribution in [0, 0.1) is 5.92 Å². The molecule has 0 bridgehead atoms. The van der Waals surface area contributed by atoms with Crippen molar-refractivity contribution in [3.8, 4) is 22.7 Å². The van der Waals surface area contributed by atoms with Gasteiger partial charge >= 0.3 is 5.97 Å². The summed E-state index contributed by atoms with van der Waals surface area (Å²) in [5.74, 6) is -2.03. The van der Waals surface area contributed by atoms with E-state index in [4.69, 9.17) is 4.42 Å². The minimum atomic E-state index is -1.14. The molecule has 37 heavy (non-hydrogen) atoms. The van der Waals surface area contributed by atoms with E-state index in [9.17, 15) is 24.6 Å². The molecular formula is C26H33N5O6. The Labute approximate surface area is 214 Å². The molecule has 0 saturated carbocycles. The van der Waals surface area contributed by atoms with E-state index in [1.54, 1.807) is 38.1 Å². The van der Waals surface area contributed by atoms with Crippen molar-refractivity contribution in [3.05, 3.63) is 48.0 Å². The highest BCUT2D eigenvalue weighted by Gasteiger charge is 2.26. The van der Waals surface area contributed by atoms with Crippen LogP contribution < -0.4 is 10.6 Å². The van der Waals surface area contributed by atoms with Crippen molar-refractivity contribution in [2.45, 2.75) is 59.2 Å². The molecule has 0 aliphatic rings. The fraction of sp³-hybridized carbons (Fsp3) is 0.423. The average Bonchev–Trinajstić information content (AvgIpc) is 3.54. The van der Waals surface area contributed by atoms with Gasteiger partial charge in [-0.15, -0.1) is 0 Å². The Hall–Kier alpha value is -3.99. The summed E-state index contributed by atoms with van der Waals surface area (Å²) >= 11 is 0. The van der Waals surface area contributed by atoms with Crippen LogP contribution in [0.2, 0.25) is 0 Å². The zero-order valence-corrected chi connectivity index (χ0v) is 21.4. The van der Waals surface area contributed by atoms with Crippen molar-refractivity contribution in [1.82, 2.24) is 25.4 Å². The number of carboxylic acids is 1. The monoisotopic (exact) mass is 511 g/mol. The highest BCUT2D eigenvalue weighted by molar-refractivity contribution is 5.96. The average molecular weight is 512 g/mol. The van der Waals surface area contributed by atoms with Gasteiger partial charge in [0.05, 0.1) is 25.0 Å². The predicted molar refractivity (Wildman–Crippen MR) is 136 cm³/mol. The van der Waals surface area contributed by atoms with E-state index in [0.29, 0.717) is 16.8 Å². The third-order valence-electron chi connectivity index (χ3n) is 6.00. The number of aromatic nitrogens is 3. The third kappa shape index (κ3) is 6.62. The first-order chi connectivity index (χ1) is 17.7. The molecule has 2 heterocycles. The van der Waals surface area contributed by atoms with E-state index in [-0.39, 0.29) is 48.4 Å². The Kier molecular flexibility index (Phi) is 9.18. The molecule has 1 atom stereocenters. The van der Waals surface area contributed by atoms with Gasteiger partial charge in [0.15, 0.2) is 0 Å². The molecule has 3 rings (SSSR count). The molecule has 4 N–H and O–H groups in total. The number of carbonyl (C=O) groups excluding carboxylic acids is 2. The summed E-state index contributed by atoms with van der Waals surface area (Å²) in [7, 11) is 0. The van der Waals surface area contributed by atoms with E-state index in [1.165, 1.54) is 16.9 Å². The SMILES string of the molecule is CCC(CC)NC(=O)c1cnc(-c2cccc(-c3cc(C(=O)NC(C(=O)O)C(C)C)n(CCO)n3)c2)o1. The van der Waals surface area contributed by atoms with Crippen molar-refractivity contribution in [2.75, 3.05) is 6.61 Å². The van der Waals surface area contributed by atoms with Crippen molar-refractivity contribution in [3.63, 3.8) is 0 Å². The van der Waals surface area contributed by atoms with Crippen molar-refractivity contribution < 1.29 is 29.0 Å². The Morgan fingerprint density at radius 3 is 2.38 bits per heavy atom. The number of aliphatic carboxylic acids is 1. The van der Waals surface area contributed by atoms with Crippen LogP contribution in [0.1, 0.15) is 61.6 Å². The largest absolute Gasteiger partial charge is 0.480 e. The van der Waals surface area contributed by atoms with Crippen molar-refractivity contribution in [1.29, 1.82) is 0 Å². The van der Waals surface area contributed by atoms with E-state index in [0.717, 1.165) is 12.8 Å². The summed E-state index contributed by atoms with van der Waals surface area (Å²) < 4.78 is 7.04. The van der Waals surface area contributed by atoms with Crippen LogP contribution in [0.15, 0.2) is 40.9 Å². The number of carbonyl (C=O) groups is 3. The highest BCUT2D eigenvalue weighted by Crippen LogP contribution is 2.26. The van der Waals surface area contributed by atoms with Crippen LogP contribution in [-0.2, 0) is 11.3 Å². The summed E-state index contributed by atoms with van der Waals surface area (Å²) in [6, 6.07) is 7.60. The maximum absolute atomic E-state index is 12.9. The first kappa shape index (κ1) is 27.6. The summed E-state index contributed by atoms with van der Waals surface area (Å²) in [5, 5.41) is 28.7. The Bertz CT molecular complexity index is 1240. The molecule has 11 heteroatoms. The van der Waals surface area contributed by atoms with Gasteiger partial charge in [0.1, 0.15) is 11.7 Å². The van der Waals surface area contributed by atoms with Gasteiger partial charge in [-0.25, -0.2) is 9.78 Å². The number of amides is 2. The normalized spacial score (nSPS) is 12.1. The molecule has 0 spiro atoms. The number of aliphatic hydroxyl groups is 1. The second kappa shape index (κ2) is 12.3. The number of hydrogen-bond donors (Lipinski definition) is 4. The lowest BCUT2D eigenvalue weighted by atomic mass is 10.0. The molecule has 2 aromatic heterocycles. The molecule has 1 unspecified atom stereocenters. The number of hydrogen-bond acceptors (Lipinski definition) is 7. The number of nitrogens with one attached hydrogen (secondary N) is 2. The molecule has 198 valence electrons. The quantitative estimate of drug-likeness (QED) is 0.289. The highest BCUT2D eigenvalue weighted by atomic mass is 16.4. The minimum Gasteiger partial charge on any atom is -0.480 e. The number of aliphatic hydroxyl groups excluding tert-OH is 1. The van der Waals surface area contributed by atoms with Crippen LogP contribution in [-0.4, -0.2) is 61.5 Å². The summed E-state index contributed by atoms with van der Waals surface area (Å²) in [6.45, 7) is 7.19.